The highest BCUT2D eigenvalue weighted by molar-refractivity contribution is 6.05. The van der Waals surface area contributed by atoms with Crippen molar-refractivity contribution in [3.05, 3.63) is 119 Å². The number of benzene rings is 3. The standard InChI is InChI=1S/C29H21F2N3O4/c1-17-27-23(18(16-35)15-32-17)14-24(28(36)33-20-9-12-25(30)26(31)13-20)29(38-27)34-19-7-10-22(11-8-19)37-21-5-3-2-4-6-21/h2-15,35H,16H2,1H3,(H,33,36). The number of aliphatic hydroxyl groups excluding tert-OH is 1. The van der Waals surface area contributed by atoms with Gasteiger partial charge in [0.2, 0.25) is 5.55 Å². The highest BCUT2D eigenvalue weighted by atomic mass is 19.2. The zero-order chi connectivity index (χ0) is 26.6. The Labute approximate surface area is 215 Å². The predicted molar refractivity (Wildman–Crippen MR) is 137 cm³/mol. The molecule has 0 aliphatic heterocycles. The van der Waals surface area contributed by atoms with E-state index >= 15 is 0 Å². The van der Waals surface area contributed by atoms with Crippen molar-refractivity contribution in [2.45, 2.75) is 13.5 Å². The van der Waals surface area contributed by atoms with Crippen molar-refractivity contribution in [3.8, 4) is 11.5 Å². The molecule has 9 heteroatoms. The first kappa shape index (κ1) is 24.8. The number of halogens is 2. The van der Waals surface area contributed by atoms with Crippen LogP contribution in [0.1, 0.15) is 21.6 Å². The highest BCUT2D eigenvalue weighted by Gasteiger charge is 2.17. The zero-order valence-electron chi connectivity index (χ0n) is 20.1. The van der Waals surface area contributed by atoms with Crippen LogP contribution in [0.25, 0.3) is 11.0 Å². The van der Waals surface area contributed by atoms with Gasteiger partial charge in [-0.15, -0.1) is 0 Å². The van der Waals surface area contributed by atoms with Gasteiger partial charge in [0.25, 0.3) is 5.91 Å². The summed E-state index contributed by atoms with van der Waals surface area (Å²) >= 11 is 0. The lowest BCUT2D eigenvalue weighted by molar-refractivity contribution is 0.102. The Morgan fingerprint density at radius 2 is 1.74 bits per heavy atom. The quantitative estimate of drug-likeness (QED) is 0.283. The van der Waals surface area contributed by atoms with Crippen LogP contribution in [0, 0.1) is 18.6 Å². The molecule has 0 unspecified atom stereocenters. The molecule has 0 bridgehead atoms. The van der Waals surface area contributed by atoms with Crippen molar-refractivity contribution in [3.63, 3.8) is 0 Å². The number of pyridine rings is 1. The lowest BCUT2D eigenvalue weighted by atomic mass is 10.1. The Morgan fingerprint density at radius 3 is 2.45 bits per heavy atom. The van der Waals surface area contributed by atoms with E-state index in [0.717, 1.165) is 12.1 Å². The molecule has 0 aliphatic rings. The average molecular weight is 514 g/mol. The first-order valence-corrected chi connectivity index (χ1v) is 11.6. The number of carbonyl (C=O) groups is 1. The Kier molecular flexibility index (Phi) is 6.92. The molecule has 0 spiro atoms. The van der Waals surface area contributed by atoms with Crippen LogP contribution >= 0.6 is 0 Å². The first-order valence-electron chi connectivity index (χ1n) is 11.6. The average Bonchev–Trinajstić information content (AvgIpc) is 2.92. The number of hydrogen-bond acceptors (Lipinski definition) is 6. The molecule has 0 fully saturated rings. The summed E-state index contributed by atoms with van der Waals surface area (Å²) in [5.74, 6) is -1.52. The van der Waals surface area contributed by atoms with Gasteiger partial charge in [-0.3, -0.25) is 9.78 Å². The van der Waals surface area contributed by atoms with Gasteiger partial charge < -0.3 is 19.6 Å². The number of fused-ring (bicyclic) bond motifs is 1. The summed E-state index contributed by atoms with van der Waals surface area (Å²) in [4.78, 5) is 22.0. The number of ether oxygens (including phenoxy) is 1. The predicted octanol–water partition coefficient (Wildman–Crippen LogP) is 6.18. The first-order chi connectivity index (χ1) is 18.4. The monoisotopic (exact) mass is 513 g/mol. The number of para-hydroxylation sites is 1. The highest BCUT2D eigenvalue weighted by Crippen LogP contribution is 2.25. The molecule has 3 aromatic carbocycles. The lowest BCUT2D eigenvalue weighted by Crippen LogP contribution is -2.22. The fourth-order valence-electron chi connectivity index (χ4n) is 3.76. The van der Waals surface area contributed by atoms with Crippen molar-refractivity contribution in [2.24, 2.45) is 4.99 Å². The molecule has 0 saturated heterocycles. The molecule has 38 heavy (non-hydrogen) atoms. The van der Waals surface area contributed by atoms with Crippen LogP contribution in [0.2, 0.25) is 0 Å². The molecule has 0 radical (unpaired) electrons. The zero-order valence-corrected chi connectivity index (χ0v) is 20.1. The van der Waals surface area contributed by atoms with Crippen LogP contribution in [0.5, 0.6) is 11.5 Å². The molecule has 7 nitrogen and oxygen atoms in total. The molecule has 2 heterocycles. The minimum absolute atomic E-state index is 0.0205. The summed E-state index contributed by atoms with van der Waals surface area (Å²) in [7, 11) is 0. The van der Waals surface area contributed by atoms with Gasteiger partial charge in [0.05, 0.1) is 18.0 Å². The molecule has 5 aromatic rings. The van der Waals surface area contributed by atoms with Crippen molar-refractivity contribution >= 4 is 28.3 Å². The second-order valence-electron chi connectivity index (χ2n) is 8.34. The fraction of sp³-hybridized carbons (Fsp3) is 0.0690. The number of aryl methyl sites for hydroxylation is 1. The lowest BCUT2D eigenvalue weighted by Gasteiger charge is -2.10. The minimum Gasteiger partial charge on any atom is -0.457 e. The summed E-state index contributed by atoms with van der Waals surface area (Å²) < 4.78 is 38.9. The Hall–Kier alpha value is -4.89. The summed E-state index contributed by atoms with van der Waals surface area (Å²) in [5, 5.41) is 12.8. The molecule has 2 N–H and O–H groups in total. The number of rotatable bonds is 6. The van der Waals surface area contributed by atoms with Crippen molar-refractivity contribution in [1.82, 2.24) is 4.98 Å². The maximum Gasteiger partial charge on any atom is 0.261 e. The smallest absolute Gasteiger partial charge is 0.261 e. The van der Waals surface area contributed by atoms with E-state index in [1.54, 1.807) is 31.2 Å². The van der Waals surface area contributed by atoms with E-state index in [0.29, 0.717) is 39.4 Å². The number of aliphatic hydroxyl groups is 1. The van der Waals surface area contributed by atoms with Gasteiger partial charge >= 0.3 is 0 Å². The number of amides is 1. The largest absolute Gasteiger partial charge is 0.457 e. The SMILES string of the molecule is Cc1ncc(CO)c2cc(C(=O)Nc3ccc(F)c(F)c3)c(=Nc3ccc(Oc4ccccc4)cc3)oc12. The molecular weight excluding hydrogens is 492 g/mol. The van der Waals surface area contributed by atoms with Gasteiger partial charge in [0, 0.05) is 28.9 Å². The van der Waals surface area contributed by atoms with Gasteiger partial charge in [0.1, 0.15) is 17.1 Å². The topological polar surface area (TPSA) is 97.0 Å². The van der Waals surface area contributed by atoms with Crippen LogP contribution in [0.4, 0.5) is 20.2 Å². The third-order valence-corrected chi connectivity index (χ3v) is 5.69. The second kappa shape index (κ2) is 10.6. The van der Waals surface area contributed by atoms with Gasteiger partial charge in [-0.25, -0.2) is 13.8 Å². The molecule has 0 atom stereocenters. The summed E-state index contributed by atoms with van der Waals surface area (Å²) in [6.45, 7) is 1.40. The van der Waals surface area contributed by atoms with Crippen LogP contribution in [0.15, 0.2) is 94.5 Å². The van der Waals surface area contributed by atoms with Gasteiger partial charge in [-0.05, 0) is 61.5 Å². The minimum atomic E-state index is -1.10. The molecular formula is C29H21F2N3O4. The summed E-state index contributed by atoms with van der Waals surface area (Å²) in [5.41, 5.74) is 1.85. The third kappa shape index (κ3) is 5.28. The van der Waals surface area contributed by atoms with Gasteiger partial charge in [-0.2, -0.15) is 0 Å². The van der Waals surface area contributed by atoms with E-state index in [9.17, 15) is 18.7 Å². The number of nitrogens with zero attached hydrogens (tertiary/aromatic N) is 2. The summed E-state index contributed by atoms with van der Waals surface area (Å²) in [6.07, 6.45) is 1.49. The van der Waals surface area contributed by atoms with E-state index in [2.05, 4.69) is 15.3 Å². The van der Waals surface area contributed by atoms with E-state index in [4.69, 9.17) is 9.15 Å². The van der Waals surface area contributed by atoms with Crippen molar-refractivity contribution < 1.29 is 27.8 Å². The number of carbonyl (C=O) groups excluding carboxylic acids is 1. The number of aromatic nitrogens is 1. The second-order valence-corrected chi connectivity index (χ2v) is 8.34. The number of anilines is 1. The Morgan fingerprint density at radius 1 is 1.00 bits per heavy atom. The summed E-state index contributed by atoms with van der Waals surface area (Å²) in [6, 6.07) is 20.7. The molecule has 1 amide bonds. The van der Waals surface area contributed by atoms with Gasteiger partial charge in [-0.1, -0.05) is 18.2 Å². The molecule has 0 aliphatic carbocycles. The van der Waals surface area contributed by atoms with Crippen LogP contribution in [0.3, 0.4) is 0 Å². The Balaban J connectivity index is 1.57. The molecule has 5 rings (SSSR count). The third-order valence-electron chi connectivity index (χ3n) is 5.69. The number of hydrogen-bond donors (Lipinski definition) is 2. The van der Waals surface area contributed by atoms with E-state index < -0.39 is 17.5 Å². The van der Waals surface area contributed by atoms with Crippen LogP contribution in [-0.4, -0.2) is 16.0 Å². The van der Waals surface area contributed by atoms with Crippen LogP contribution in [-0.2, 0) is 6.61 Å². The van der Waals surface area contributed by atoms with E-state index in [1.165, 1.54) is 18.3 Å². The maximum absolute atomic E-state index is 13.7. The molecule has 0 saturated carbocycles. The number of nitrogens with one attached hydrogen (secondary N) is 1. The van der Waals surface area contributed by atoms with Crippen LogP contribution < -0.4 is 15.6 Å². The normalized spacial score (nSPS) is 11.5. The van der Waals surface area contributed by atoms with E-state index in [1.807, 2.05) is 30.3 Å². The van der Waals surface area contributed by atoms with Crippen molar-refractivity contribution in [2.75, 3.05) is 5.32 Å². The molecule has 190 valence electrons. The van der Waals surface area contributed by atoms with Crippen molar-refractivity contribution in [1.29, 1.82) is 0 Å². The van der Waals surface area contributed by atoms with E-state index in [-0.39, 0.29) is 23.4 Å². The van der Waals surface area contributed by atoms with Gasteiger partial charge in [0.15, 0.2) is 17.2 Å². The fourth-order valence-corrected chi connectivity index (χ4v) is 3.76. The maximum atomic E-state index is 13.7. The Bertz CT molecular complexity index is 1700. The molecule has 2 aromatic heterocycles.